The van der Waals surface area contributed by atoms with Crippen molar-refractivity contribution in [3.63, 3.8) is 0 Å². The van der Waals surface area contributed by atoms with Crippen LogP contribution in [0.1, 0.15) is 0 Å². The second kappa shape index (κ2) is 5.46. The molecule has 0 fully saturated rings. The van der Waals surface area contributed by atoms with E-state index in [-0.39, 0.29) is 23.5 Å². The molecular weight excluding hydrogens is 290 g/mol. The Morgan fingerprint density at radius 2 is 2.00 bits per heavy atom. The SMILES string of the molecule is O=C(Cn1ccnc1Cl)Nc1cccc2c(O)cccc12. The maximum atomic E-state index is 12.1. The van der Waals surface area contributed by atoms with Crippen molar-refractivity contribution in [1.82, 2.24) is 9.55 Å². The summed E-state index contributed by atoms with van der Waals surface area (Å²) in [6, 6.07) is 10.6. The fourth-order valence-electron chi connectivity index (χ4n) is 2.18. The summed E-state index contributed by atoms with van der Waals surface area (Å²) >= 11 is 5.84. The highest BCUT2D eigenvalue weighted by molar-refractivity contribution is 6.28. The van der Waals surface area contributed by atoms with Crippen LogP contribution < -0.4 is 5.32 Å². The molecule has 2 N–H and O–H groups in total. The summed E-state index contributed by atoms with van der Waals surface area (Å²) in [5.41, 5.74) is 0.643. The summed E-state index contributed by atoms with van der Waals surface area (Å²) in [6.07, 6.45) is 3.17. The molecule has 0 spiro atoms. The molecule has 0 saturated carbocycles. The molecule has 3 aromatic rings. The molecule has 0 saturated heterocycles. The molecule has 6 heteroatoms. The van der Waals surface area contributed by atoms with Gasteiger partial charge in [0, 0.05) is 28.9 Å². The molecule has 0 bridgehead atoms. The van der Waals surface area contributed by atoms with Gasteiger partial charge in [-0.15, -0.1) is 0 Å². The maximum Gasteiger partial charge on any atom is 0.244 e. The number of benzene rings is 2. The number of carbonyl (C=O) groups is 1. The minimum atomic E-state index is -0.217. The smallest absolute Gasteiger partial charge is 0.244 e. The number of halogens is 1. The van der Waals surface area contributed by atoms with E-state index >= 15 is 0 Å². The molecule has 0 aliphatic rings. The van der Waals surface area contributed by atoms with Gasteiger partial charge in [0.15, 0.2) is 0 Å². The predicted molar refractivity (Wildman–Crippen MR) is 81.5 cm³/mol. The molecule has 0 unspecified atom stereocenters. The van der Waals surface area contributed by atoms with Gasteiger partial charge in [-0.2, -0.15) is 0 Å². The van der Waals surface area contributed by atoms with Crippen LogP contribution in [-0.4, -0.2) is 20.6 Å². The van der Waals surface area contributed by atoms with Crippen molar-refractivity contribution >= 4 is 34.0 Å². The largest absolute Gasteiger partial charge is 0.507 e. The number of fused-ring (bicyclic) bond motifs is 1. The lowest BCUT2D eigenvalue weighted by molar-refractivity contribution is -0.116. The number of phenols is 1. The van der Waals surface area contributed by atoms with Gasteiger partial charge in [0.2, 0.25) is 11.2 Å². The fraction of sp³-hybridized carbons (Fsp3) is 0.0667. The normalized spacial score (nSPS) is 10.7. The van der Waals surface area contributed by atoms with Crippen molar-refractivity contribution in [2.75, 3.05) is 5.32 Å². The monoisotopic (exact) mass is 301 g/mol. The Labute approximate surface area is 125 Å². The Morgan fingerprint density at radius 3 is 2.76 bits per heavy atom. The number of carbonyl (C=O) groups excluding carboxylic acids is 1. The van der Waals surface area contributed by atoms with Crippen molar-refractivity contribution in [1.29, 1.82) is 0 Å². The minimum Gasteiger partial charge on any atom is -0.507 e. The zero-order valence-corrected chi connectivity index (χ0v) is 11.7. The molecule has 2 aromatic carbocycles. The second-order valence-corrected chi connectivity index (χ2v) is 4.89. The molecule has 0 aliphatic heterocycles. The van der Waals surface area contributed by atoms with Gasteiger partial charge in [0.25, 0.3) is 0 Å². The van der Waals surface area contributed by atoms with Gasteiger partial charge >= 0.3 is 0 Å². The van der Waals surface area contributed by atoms with Gasteiger partial charge in [-0.1, -0.05) is 24.3 Å². The topological polar surface area (TPSA) is 67.2 Å². The summed E-state index contributed by atoms with van der Waals surface area (Å²) in [7, 11) is 0. The van der Waals surface area contributed by atoms with Crippen LogP contribution in [0.3, 0.4) is 0 Å². The average molecular weight is 302 g/mol. The Hall–Kier alpha value is -2.53. The van der Waals surface area contributed by atoms with Crippen molar-refractivity contribution < 1.29 is 9.90 Å². The number of phenolic OH excluding ortho intramolecular Hbond substituents is 1. The maximum absolute atomic E-state index is 12.1. The Bertz CT molecular complexity index is 814. The molecule has 1 heterocycles. The zero-order chi connectivity index (χ0) is 14.8. The van der Waals surface area contributed by atoms with E-state index in [0.717, 1.165) is 5.39 Å². The first-order valence-corrected chi connectivity index (χ1v) is 6.70. The molecule has 21 heavy (non-hydrogen) atoms. The predicted octanol–water partition coefficient (Wildman–Crippen LogP) is 3.03. The van der Waals surface area contributed by atoms with Gasteiger partial charge in [0.1, 0.15) is 12.3 Å². The molecular formula is C15H12ClN3O2. The van der Waals surface area contributed by atoms with Crippen LogP contribution >= 0.6 is 11.6 Å². The molecule has 0 radical (unpaired) electrons. The van der Waals surface area contributed by atoms with Gasteiger partial charge < -0.3 is 15.0 Å². The third-order valence-electron chi connectivity index (χ3n) is 3.15. The van der Waals surface area contributed by atoms with Crippen molar-refractivity contribution in [2.45, 2.75) is 6.54 Å². The first-order chi connectivity index (χ1) is 10.1. The van der Waals surface area contributed by atoms with Gasteiger partial charge in [-0.3, -0.25) is 4.79 Å². The molecule has 0 aliphatic carbocycles. The summed E-state index contributed by atoms with van der Waals surface area (Å²) in [6.45, 7) is 0.0774. The summed E-state index contributed by atoms with van der Waals surface area (Å²) in [5.74, 6) is -0.0352. The van der Waals surface area contributed by atoms with E-state index in [0.29, 0.717) is 11.1 Å². The summed E-state index contributed by atoms with van der Waals surface area (Å²) < 4.78 is 1.54. The number of nitrogens with zero attached hydrogens (tertiary/aromatic N) is 2. The number of aromatic nitrogens is 2. The van der Waals surface area contributed by atoms with Crippen LogP contribution in [0, 0.1) is 0 Å². The number of anilines is 1. The fourth-order valence-corrected chi connectivity index (χ4v) is 2.35. The molecule has 1 aromatic heterocycles. The van der Waals surface area contributed by atoms with E-state index in [9.17, 15) is 9.90 Å². The number of hydrogen-bond acceptors (Lipinski definition) is 3. The Kier molecular flexibility index (Phi) is 3.50. The zero-order valence-electron chi connectivity index (χ0n) is 11.0. The highest BCUT2D eigenvalue weighted by atomic mass is 35.5. The summed E-state index contributed by atoms with van der Waals surface area (Å²) in [4.78, 5) is 15.9. The molecule has 0 atom stereocenters. The molecule has 106 valence electrons. The number of nitrogens with one attached hydrogen (secondary N) is 1. The number of hydrogen-bond donors (Lipinski definition) is 2. The molecule has 5 nitrogen and oxygen atoms in total. The third-order valence-corrected chi connectivity index (χ3v) is 3.47. The van der Waals surface area contributed by atoms with E-state index in [2.05, 4.69) is 10.3 Å². The Balaban J connectivity index is 1.87. The lowest BCUT2D eigenvalue weighted by Crippen LogP contribution is -2.18. The lowest BCUT2D eigenvalue weighted by Gasteiger charge is -2.10. The summed E-state index contributed by atoms with van der Waals surface area (Å²) in [5, 5.41) is 14.4. The number of rotatable bonds is 3. The molecule has 3 rings (SSSR count). The standard InChI is InChI=1S/C15H12ClN3O2/c16-15-17-7-8-19(15)9-14(21)18-12-5-1-4-11-10(12)3-2-6-13(11)20/h1-8,20H,9H2,(H,18,21). The van der Waals surface area contributed by atoms with E-state index < -0.39 is 0 Å². The van der Waals surface area contributed by atoms with E-state index in [1.807, 2.05) is 6.07 Å². The quantitative estimate of drug-likeness (QED) is 0.781. The van der Waals surface area contributed by atoms with E-state index in [4.69, 9.17) is 11.6 Å². The van der Waals surface area contributed by atoms with Crippen molar-refractivity contribution in [2.24, 2.45) is 0 Å². The first kappa shape index (κ1) is 13.5. The van der Waals surface area contributed by atoms with Gasteiger partial charge in [-0.25, -0.2) is 4.98 Å². The highest BCUT2D eigenvalue weighted by Gasteiger charge is 2.09. The third kappa shape index (κ3) is 2.68. The van der Waals surface area contributed by atoms with Crippen LogP contribution in [0.5, 0.6) is 5.75 Å². The van der Waals surface area contributed by atoms with Crippen LogP contribution in [0.25, 0.3) is 10.8 Å². The lowest BCUT2D eigenvalue weighted by atomic mass is 10.1. The van der Waals surface area contributed by atoms with E-state index in [1.165, 1.54) is 6.20 Å². The van der Waals surface area contributed by atoms with Crippen molar-refractivity contribution in [3.05, 3.63) is 54.1 Å². The minimum absolute atomic E-state index is 0.0774. The first-order valence-electron chi connectivity index (χ1n) is 6.32. The van der Waals surface area contributed by atoms with Crippen LogP contribution in [0.15, 0.2) is 48.8 Å². The number of imidazole rings is 1. The number of amides is 1. The Morgan fingerprint density at radius 1 is 1.24 bits per heavy atom. The second-order valence-electron chi connectivity index (χ2n) is 4.55. The highest BCUT2D eigenvalue weighted by Crippen LogP contribution is 2.29. The van der Waals surface area contributed by atoms with Gasteiger partial charge in [-0.05, 0) is 23.7 Å². The van der Waals surface area contributed by atoms with Crippen LogP contribution in [-0.2, 0) is 11.3 Å². The van der Waals surface area contributed by atoms with Crippen LogP contribution in [0.4, 0.5) is 5.69 Å². The number of aromatic hydroxyl groups is 1. The van der Waals surface area contributed by atoms with Crippen LogP contribution in [0.2, 0.25) is 5.28 Å². The molecule has 1 amide bonds. The van der Waals surface area contributed by atoms with E-state index in [1.54, 1.807) is 41.1 Å². The van der Waals surface area contributed by atoms with Gasteiger partial charge in [0.05, 0.1) is 0 Å². The average Bonchev–Trinajstić information content (AvgIpc) is 2.85. The van der Waals surface area contributed by atoms with Crippen molar-refractivity contribution in [3.8, 4) is 5.75 Å².